The molecule has 0 saturated carbocycles. The van der Waals surface area contributed by atoms with Gasteiger partial charge in [-0.05, 0) is 13.8 Å². The Morgan fingerprint density at radius 3 is 2.90 bits per heavy atom. The van der Waals surface area contributed by atoms with Crippen LogP contribution < -0.4 is 4.74 Å². The average Bonchev–Trinajstić information content (AvgIpc) is 3.02. The maximum Gasteiger partial charge on any atom is 0.221 e. The Kier molecular flexibility index (Phi) is 2.23. The summed E-state index contributed by atoms with van der Waals surface area (Å²) in [6.45, 7) is 5.26. The first-order valence-electron chi connectivity index (χ1n) is 6.39. The molecule has 0 radical (unpaired) electrons. The van der Waals surface area contributed by atoms with Crippen LogP contribution >= 0.6 is 0 Å². The van der Waals surface area contributed by atoms with Gasteiger partial charge in [-0.3, -0.25) is 0 Å². The lowest BCUT2D eigenvalue weighted by Gasteiger charge is -2.05. The lowest BCUT2D eigenvalue weighted by molar-refractivity contribution is 0.358. The highest BCUT2D eigenvalue weighted by Crippen LogP contribution is 2.33. The van der Waals surface area contributed by atoms with Crippen LogP contribution in [0.2, 0.25) is 0 Å². The third kappa shape index (κ3) is 1.49. The van der Waals surface area contributed by atoms with Crippen molar-refractivity contribution in [3.05, 3.63) is 23.9 Å². The van der Waals surface area contributed by atoms with Crippen LogP contribution in [0.15, 0.2) is 12.5 Å². The van der Waals surface area contributed by atoms with Crippen LogP contribution in [-0.4, -0.2) is 36.3 Å². The summed E-state index contributed by atoms with van der Waals surface area (Å²) in [5, 5.41) is 4.30. The zero-order valence-electron chi connectivity index (χ0n) is 11.2. The average molecular weight is 268 g/mol. The van der Waals surface area contributed by atoms with Gasteiger partial charge in [-0.1, -0.05) is 0 Å². The standard InChI is InChI=1S/C13H12N6O/c1-7-8(2)18-12-11(17-7)10(14-6-15-12)9-5-16-19-3-4-20-13(9)19/h5-6H,3-4H2,1-2H3. The highest BCUT2D eigenvalue weighted by molar-refractivity contribution is 5.88. The van der Waals surface area contributed by atoms with Crippen LogP contribution in [0.25, 0.3) is 22.4 Å². The molecular weight excluding hydrogens is 256 g/mol. The zero-order chi connectivity index (χ0) is 13.7. The molecule has 4 rings (SSSR count). The number of aryl methyl sites for hydroxylation is 2. The van der Waals surface area contributed by atoms with Crippen molar-refractivity contribution in [2.75, 3.05) is 6.61 Å². The molecule has 1 aliphatic heterocycles. The monoisotopic (exact) mass is 268 g/mol. The van der Waals surface area contributed by atoms with E-state index < -0.39 is 0 Å². The molecule has 0 aliphatic carbocycles. The molecule has 0 spiro atoms. The summed E-state index contributed by atoms with van der Waals surface area (Å²) in [4.78, 5) is 17.6. The summed E-state index contributed by atoms with van der Waals surface area (Å²) in [5.74, 6) is 0.741. The Balaban J connectivity index is 2.02. The molecule has 3 aromatic heterocycles. The summed E-state index contributed by atoms with van der Waals surface area (Å²) >= 11 is 0. The van der Waals surface area contributed by atoms with E-state index in [1.807, 2.05) is 18.5 Å². The minimum Gasteiger partial charge on any atom is -0.475 e. The van der Waals surface area contributed by atoms with Gasteiger partial charge in [0.25, 0.3) is 0 Å². The van der Waals surface area contributed by atoms with Gasteiger partial charge < -0.3 is 4.74 Å². The van der Waals surface area contributed by atoms with Crippen molar-refractivity contribution >= 4 is 11.2 Å². The number of ether oxygens (including phenoxy) is 1. The first-order chi connectivity index (χ1) is 9.74. The van der Waals surface area contributed by atoms with E-state index in [0.717, 1.165) is 29.4 Å². The number of aromatic nitrogens is 6. The topological polar surface area (TPSA) is 78.6 Å². The normalized spacial score (nSPS) is 13.5. The van der Waals surface area contributed by atoms with Crippen LogP contribution in [0.1, 0.15) is 11.4 Å². The minimum atomic E-state index is 0.594. The summed E-state index contributed by atoms with van der Waals surface area (Å²) in [6.07, 6.45) is 3.26. The number of hydrogen-bond acceptors (Lipinski definition) is 6. The Labute approximate surface area is 114 Å². The van der Waals surface area contributed by atoms with Crippen LogP contribution in [0.5, 0.6) is 5.88 Å². The van der Waals surface area contributed by atoms with Crippen LogP contribution in [0.4, 0.5) is 0 Å². The molecule has 0 fully saturated rings. The molecule has 0 saturated heterocycles. The molecule has 7 nitrogen and oxygen atoms in total. The van der Waals surface area contributed by atoms with Crippen LogP contribution in [0, 0.1) is 13.8 Å². The summed E-state index contributed by atoms with van der Waals surface area (Å²) in [5.41, 5.74) is 4.58. The summed E-state index contributed by atoms with van der Waals surface area (Å²) in [7, 11) is 0. The quantitative estimate of drug-likeness (QED) is 0.661. The van der Waals surface area contributed by atoms with Crippen LogP contribution in [-0.2, 0) is 6.54 Å². The molecule has 0 aromatic carbocycles. The van der Waals surface area contributed by atoms with Gasteiger partial charge in [-0.15, -0.1) is 0 Å². The van der Waals surface area contributed by atoms with Crippen molar-refractivity contribution in [3.8, 4) is 17.1 Å². The van der Waals surface area contributed by atoms with Crippen molar-refractivity contribution in [3.63, 3.8) is 0 Å². The molecule has 0 amide bonds. The second-order valence-electron chi connectivity index (χ2n) is 4.72. The molecule has 0 N–H and O–H groups in total. The van der Waals surface area contributed by atoms with Crippen molar-refractivity contribution in [1.29, 1.82) is 0 Å². The van der Waals surface area contributed by atoms with Gasteiger partial charge in [0.05, 0.1) is 29.7 Å². The minimum absolute atomic E-state index is 0.594. The Morgan fingerprint density at radius 2 is 2.00 bits per heavy atom. The molecular formula is C13H12N6O. The third-order valence-electron chi connectivity index (χ3n) is 3.47. The van der Waals surface area contributed by atoms with Gasteiger partial charge in [0.15, 0.2) is 5.65 Å². The Morgan fingerprint density at radius 1 is 1.15 bits per heavy atom. The number of fused-ring (bicyclic) bond motifs is 2. The lowest BCUT2D eigenvalue weighted by Crippen LogP contribution is -1.99. The number of hydrogen-bond donors (Lipinski definition) is 0. The fourth-order valence-electron chi connectivity index (χ4n) is 2.32. The van der Waals surface area contributed by atoms with Crippen molar-refractivity contribution in [2.45, 2.75) is 20.4 Å². The van der Waals surface area contributed by atoms with E-state index in [1.165, 1.54) is 6.33 Å². The molecule has 100 valence electrons. The molecule has 3 aromatic rings. The van der Waals surface area contributed by atoms with Gasteiger partial charge in [0.1, 0.15) is 24.1 Å². The van der Waals surface area contributed by atoms with E-state index in [1.54, 1.807) is 6.20 Å². The molecule has 20 heavy (non-hydrogen) atoms. The maximum absolute atomic E-state index is 5.62. The van der Waals surface area contributed by atoms with Gasteiger partial charge in [0.2, 0.25) is 5.88 Å². The van der Waals surface area contributed by atoms with Gasteiger partial charge in [-0.25, -0.2) is 24.6 Å². The predicted molar refractivity (Wildman–Crippen MR) is 71.3 cm³/mol. The van der Waals surface area contributed by atoms with Crippen molar-refractivity contribution in [2.24, 2.45) is 0 Å². The Bertz CT molecular complexity index is 825. The second-order valence-corrected chi connectivity index (χ2v) is 4.72. The maximum atomic E-state index is 5.62. The van der Waals surface area contributed by atoms with Gasteiger partial charge in [-0.2, -0.15) is 5.10 Å². The second kappa shape index (κ2) is 3.96. The van der Waals surface area contributed by atoms with E-state index in [-0.39, 0.29) is 0 Å². The molecule has 0 unspecified atom stereocenters. The zero-order valence-corrected chi connectivity index (χ0v) is 11.2. The van der Waals surface area contributed by atoms with Gasteiger partial charge >= 0.3 is 0 Å². The Hall–Kier alpha value is -2.57. The SMILES string of the molecule is Cc1nc2ncnc(-c3cnn4c3OCC4)c2nc1C. The van der Waals surface area contributed by atoms with E-state index in [4.69, 9.17) is 4.74 Å². The van der Waals surface area contributed by atoms with Crippen molar-refractivity contribution in [1.82, 2.24) is 29.7 Å². The molecule has 4 heterocycles. The smallest absolute Gasteiger partial charge is 0.221 e. The van der Waals surface area contributed by atoms with E-state index in [2.05, 4.69) is 25.0 Å². The first-order valence-corrected chi connectivity index (χ1v) is 6.39. The fraction of sp³-hybridized carbons (Fsp3) is 0.308. The first kappa shape index (κ1) is 11.3. The summed E-state index contributed by atoms with van der Waals surface area (Å²) < 4.78 is 7.45. The molecule has 1 aliphatic rings. The van der Waals surface area contributed by atoms with E-state index in [0.29, 0.717) is 23.5 Å². The molecule has 7 heteroatoms. The lowest BCUT2D eigenvalue weighted by atomic mass is 10.2. The van der Waals surface area contributed by atoms with E-state index >= 15 is 0 Å². The predicted octanol–water partition coefficient (Wildman–Crippen LogP) is 1.29. The summed E-state index contributed by atoms with van der Waals surface area (Å²) in [6, 6.07) is 0. The largest absolute Gasteiger partial charge is 0.475 e. The molecule has 0 atom stereocenters. The van der Waals surface area contributed by atoms with Gasteiger partial charge in [0, 0.05) is 0 Å². The van der Waals surface area contributed by atoms with E-state index in [9.17, 15) is 0 Å². The molecule has 0 bridgehead atoms. The third-order valence-corrected chi connectivity index (χ3v) is 3.47. The van der Waals surface area contributed by atoms with Crippen molar-refractivity contribution < 1.29 is 4.74 Å². The van der Waals surface area contributed by atoms with Crippen LogP contribution in [0.3, 0.4) is 0 Å². The highest BCUT2D eigenvalue weighted by Gasteiger charge is 2.22. The highest BCUT2D eigenvalue weighted by atomic mass is 16.5. The number of rotatable bonds is 1. The fourth-order valence-corrected chi connectivity index (χ4v) is 2.32. The number of nitrogens with zero attached hydrogens (tertiary/aromatic N) is 6.